The van der Waals surface area contributed by atoms with Crippen molar-refractivity contribution in [1.82, 2.24) is 10.8 Å². The van der Waals surface area contributed by atoms with E-state index in [9.17, 15) is 13.6 Å². The zero-order valence-corrected chi connectivity index (χ0v) is 14.2. The minimum atomic E-state index is -0.925. The summed E-state index contributed by atoms with van der Waals surface area (Å²) in [7, 11) is 0. The smallest absolute Gasteiger partial charge is 0.274 e. The first kappa shape index (κ1) is 16.9. The Hall–Kier alpha value is -1.53. The van der Waals surface area contributed by atoms with Gasteiger partial charge in [-0.05, 0) is 73.8 Å². The van der Waals surface area contributed by atoms with Gasteiger partial charge in [0.2, 0.25) is 0 Å². The van der Waals surface area contributed by atoms with Gasteiger partial charge in [-0.3, -0.25) is 10.0 Å². The lowest BCUT2D eigenvalue weighted by Gasteiger charge is -2.57. The Labute approximate surface area is 145 Å². The van der Waals surface area contributed by atoms with Crippen LogP contribution < -0.4 is 10.8 Å². The van der Waals surface area contributed by atoms with Crippen molar-refractivity contribution in [3.63, 3.8) is 0 Å². The summed E-state index contributed by atoms with van der Waals surface area (Å²) < 4.78 is 28.3. The number of hydrogen-bond acceptors (Lipinski definition) is 3. The first-order valence-corrected chi connectivity index (χ1v) is 9.11. The fraction of sp³-hybridized carbons (Fsp3) is 0.632. The number of benzene rings is 1. The van der Waals surface area contributed by atoms with E-state index in [1.807, 2.05) is 0 Å². The first-order chi connectivity index (χ1) is 12.0. The Morgan fingerprint density at radius 3 is 2.08 bits per heavy atom. The molecule has 0 aliphatic heterocycles. The predicted molar refractivity (Wildman–Crippen MR) is 87.9 cm³/mol. The molecule has 0 heterocycles. The van der Waals surface area contributed by atoms with Crippen LogP contribution in [0.3, 0.4) is 0 Å². The molecular formula is C19H24F2N2O2. The number of carbonyl (C=O) groups is 1. The molecule has 1 amide bonds. The van der Waals surface area contributed by atoms with Crippen LogP contribution in [0.2, 0.25) is 0 Å². The molecule has 6 heteroatoms. The van der Waals surface area contributed by atoms with Gasteiger partial charge in [-0.25, -0.2) is 14.3 Å². The Balaban J connectivity index is 1.41. The lowest BCUT2D eigenvalue weighted by molar-refractivity contribution is -0.0514. The second-order valence-electron chi connectivity index (χ2n) is 8.38. The second kappa shape index (κ2) is 6.32. The summed E-state index contributed by atoms with van der Waals surface area (Å²) >= 11 is 0. The summed E-state index contributed by atoms with van der Waals surface area (Å²) in [6, 6.07) is 1.91. The van der Waals surface area contributed by atoms with Crippen molar-refractivity contribution >= 4 is 5.91 Å². The maximum absolute atomic E-state index is 14.2. The number of hydroxylamine groups is 1. The lowest BCUT2D eigenvalue weighted by atomic mass is 9.49. The summed E-state index contributed by atoms with van der Waals surface area (Å²) in [4.78, 5) is 11.3. The van der Waals surface area contributed by atoms with E-state index in [1.165, 1.54) is 44.0 Å². The summed E-state index contributed by atoms with van der Waals surface area (Å²) in [6.45, 7) is 0.911. The van der Waals surface area contributed by atoms with Crippen LogP contribution in [0, 0.1) is 34.8 Å². The largest absolute Gasteiger partial charge is 0.312 e. The quantitative estimate of drug-likeness (QED) is 0.563. The molecule has 1 aromatic carbocycles. The molecule has 0 aromatic heterocycles. The number of carbonyl (C=O) groups excluding carboxylic acids is 1. The van der Waals surface area contributed by atoms with Gasteiger partial charge in [-0.15, -0.1) is 0 Å². The van der Waals surface area contributed by atoms with Crippen molar-refractivity contribution in [2.24, 2.45) is 23.2 Å². The standard InChI is InChI=1S/C19H24F2N2O2/c20-16-4-14(18(24)23-25)5-17(21)15(16)9-22-10-19-6-11-1-12(7-19)3-13(2-11)8-19/h4-5,11-13,22,25H,1-3,6-10H2,(H,23,24). The number of halogens is 2. The fourth-order valence-electron chi connectivity index (χ4n) is 5.93. The average Bonchev–Trinajstić information content (AvgIpc) is 2.55. The number of nitrogens with one attached hydrogen (secondary N) is 2. The number of rotatable bonds is 5. The summed E-state index contributed by atoms with van der Waals surface area (Å²) in [6.07, 6.45) is 7.84. The summed E-state index contributed by atoms with van der Waals surface area (Å²) in [5, 5.41) is 11.8. The van der Waals surface area contributed by atoms with Gasteiger partial charge in [-0.2, -0.15) is 0 Å². The average molecular weight is 350 g/mol. The van der Waals surface area contributed by atoms with Gasteiger partial charge in [0.05, 0.1) is 0 Å². The van der Waals surface area contributed by atoms with Crippen molar-refractivity contribution in [1.29, 1.82) is 0 Å². The molecule has 5 rings (SSSR count). The lowest BCUT2D eigenvalue weighted by Crippen LogP contribution is -2.50. The third-order valence-electron chi connectivity index (χ3n) is 6.47. The Morgan fingerprint density at radius 2 is 1.60 bits per heavy atom. The van der Waals surface area contributed by atoms with E-state index in [1.54, 1.807) is 0 Å². The van der Waals surface area contributed by atoms with Crippen LogP contribution in [0.1, 0.15) is 54.4 Å². The molecule has 25 heavy (non-hydrogen) atoms. The molecule has 0 radical (unpaired) electrons. The zero-order valence-electron chi connectivity index (χ0n) is 14.2. The monoisotopic (exact) mass is 350 g/mol. The van der Waals surface area contributed by atoms with E-state index in [4.69, 9.17) is 5.21 Å². The highest BCUT2D eigenvalue weighted by molar-refractivity contribution is 5.93. The van der Waals surface area contributed by atoms with Crippen molar-refractivity contribution in [3.05, 3.63) is 34.9 Å². The molecule has 136 valence electrons. The van der Waals surface area contributed by atoms with Gasteiger partial charge >= 0.3 is 0 Å². The molecule has 0 atom stereocenters. The van der Waals surface area contributed by atoms with E-state index in [0.29, 0.717) is 5.41 Å². The highest BCUT2D eigenvalue weighted by Crippen LogP contribution is 2.59. The van der Waals surface area contributed by atoms with E-state index >= 15 is 0 Å². The molecule has 4 nitrogen and oxygen atoms in total. The molecule has 3 N–H and O–H groups in total. The number of amides is 1. The van der Waals surface area contributed by atoms with Gasteiger partial charge in [-0.1, -0.05) is 0 Å². The maximum atomic E-state index is 14.2. The molecule has 4 bridgehead atoms. The van der Waals surface area contributed by atoms with Crippen molar-refractivity contribution in [3.8, 4) is 0 Å². The Bertz CT molecular complexity index is 634. The van der Waals surface area contributed by atoms with Crippen LogP contribution in [0.25, 0.3) is 0 Å². The minimum absolute atomic E-state index is 0.0563. The Morgan fingerprint density at radius 1 is 1.08 bits per heavy atom. The van der Waals surface area contributed by atoms with E-state index < -0.39 is 17.5 Å². The van der Waals surface area contributed by atoms with Gasteiger partial charge in [0.1, 0.15) is 11.6 Å². The first-order valence-electron chi connectivity index (χ1n) is 9.11. The molecule has 1 aromatic rings. The maximum Gasteiger partial charge on any atom is 0.274 e. The Kier molecular flexibility index (Phi) is 4.28. The van der Waals surface area contributed by atoms with Gasteiger partial charge in [0.25, 0.3) is 5.91 Å². The van der Waals surface area contributed by atoms with Crippen molar-refractivity contribution in [2.75, 3.05) is 6.54 Å². The minimum Gasteiger partial charge on any atom is -0.312 e. The molecule has 4 saturated carbocycles. The third-order valence-corrected chi connectivity index (χ3v) is 6.47. The molecule has 0 unspecified atom stereocenters. The van der Waals surface area contributed by atoms with Crippen molar-refractivity contribution in [2.45, 2.75) is 45.1 Å². The van der Waals surface area contributed by atoms with Crippen LogP contribution >= 0.6 is 0 Å². The third kappa shape index (κ3) is 3.17. The molecule has 4 aliphatic rings. The summed E-state index contributed by atoms with van der Waals surface area (Å²) in [5.74, 6) is 0.0764. The van der Waals surface area contributed by atoms with E-state index in [2.05, 4.69) is 5.32 Å². The molecule has 0 spiro atoms. The van der Waals surface area contributed by atoms with Gasteiger partial charge in [0, 0.05) is 24.2 Å². The van der Waals surface area contributed by atoms with E-state index in [-0.39, 0.29) is 17.7 Å². The highest BCUT2D eigenvalue weighted by Gasteiger charge is 2.50. The summed E-state index contributed by atoms with van der Waals surface area (Å²) in [5.41, 5.74) is 1.40. The molecule has 0 saturated heterocycles. The van der Waals surface area contributed by atoms with Crippen molar-refractivity contribution < 1.29 is 18.8 Å². The predicted octanol–water partition coefficient (Wildman–Crippen LogP) is 3.39. The zero-order chi connectivity index (χ0) is 17.6. The SMILES string of the molecule is O=C(NO)c1cc(F)c(CNCC23CC4CC(CC(C4)C2)C3)c(F)c1. The fourth-order valence-corrected chi connectivity index (χ4v) is 5.93. The van der Waals surface area contributed by atoms with E-state index in [0.717, 1.165) is 36.4 Å². The van der Waals surface area contributed by atoms with Crippen LogP contribution in [-0.2, 0) is 6.54 Å². The van der Waals surface area contributed by atoms with Gasteiger partial charge in [0.15, 0.2) is 0 Å². The number of hydrogen-bond donors (Lipinski definition) is 3. The highest BCUT2D eigenvalue weighted by atomic mass is 19.1. The normalized spacial score (nSPS) is 32.8. The topological polar surface area (TPSA) is 61.4 Å². The second-order valence-corrected chi connectivity index (χ2v) is 8.38. The molecule has 4 aliphatic carbocycles. The molecule has 4 fully saturated rings. The van der Waals surface area contributed by atoms with Crippen LogP contribution in [-0.4, -0.2) is 17.7 Å². The molecular weight excluding hydrogens is 326 g/mol. The van der Waals surface area contributed by atoms with Crippen LogP contribution in [0.5, 0.6) is 0 Å². The van der Waals surface area contributed by atoms with Crippen LogP contribution in [0.4, 0.5) is 8.78 Å². The van der Waals surface area contributed by atoms with Gasteiger partial charge < -0.3 is 5.32 Å². The van der Waals surface area contributed by atoms with Crippen LogP contribution in [0.15, 0.2) is 12.1 Å².